The highest BCUT2D eigenvalue weighted by Crippen LogP contribution is 2.13. The molecule has 17 heavy (non-hydrogen) atoms. The summed E-state index contributed by atoms with van der Waals surface area (Å²) in [6, 6.07) is 4.81. The first-order valence-corrected chi connectivity index (χ1v) is 6.82. The van der Waals surface area contributed by atoms with Crippen molar-refractivity contribution < 1.29 is 9.59 Å². The highest BCUT2D eigenvalue weighted by Gasteiger charge is 2.20. The van der Waals surface area contributed by atoms with E-state index in [1.54, 1.807) is 17.5 Å². The van der Waals surface area contributed by atoms with E-state index in [-0.39, 0.29) is 5.69 Å². The van der Waals surface area contributed by atoms with Gasteiger partial charge in [-0.2, -0.15) is 0 Å². The Morgan fingerprint density at radius 1 is 1.29 bits per heavy atom. The van der Waals surface area contributed by atoms with E-state index in [1.807, 2.05) is 6.26 Å². The number of hydrogen-bond donors (Lipinski definition) is 0. The first-order chi connectivity index (χ1) is 8.22. The van der Waals surface area contributed by atoms with Crippen molar-refractivity contribution in [3.63, 3.8) is 0 Å². The highest BCUT2D eigenvalue weighted by molar-refractivity contribution is 7.98. The lowest BCUT2D eigenvalue weighted by Crippen LogP contribution is -2.15. The van der Waals surface area contributed by atoms with E-state index in [0.29, 0.717) is 10.0 Å². The maximum atomic E-state index is 11.9. The number of hydrogen-bond acceptors (Lipinski definition) is 6. The van der Waals surface area contributed by atoms with Crippen molar-refractivity contribution in [3.05, 3.63) is 40.3 Å². The van der Waals surface area contributed by atoms with E-state index in [2.05, 4.69) is 9.97 Å². The van der Waals surface area contributed by atoms with Crippen molar-refractivity contribution in [1.29, 1.82) is 0 Å². The van der Waals surface area contributed by atoms with Gasteiger partial charge in [-0.3, -0.25) is 9.59 Å². The Morgan fingerprint density at radius 3 is 2.76 bits per heavy atom. The molecule has 0 spiro atoms. The lowest BCUT2D eigenvalue weighted by Gasteiger charge is -1.99. The Bertz CT molecular complexity index is 552. The third kappa shape index (κ3) is 2.59. The number of Topliss-reactive ketones (excluding diaryl/α,β-unsaturated/α-hetero) is 2. The number of carbonyl (C=O) groups is 2. The van der Waals surface area contributed by atoms with Crippen molar-refractivity contribution in [2.75, 3.05) is 6.26 Å². The van der Waals surface area contributed by atoms with Crippen LogP contribution in [0.5, 0.6) is 0 Å². The van der Waals surface area contributed by atoms with Crippen LogP contribution in [0.15, 0.2) is 34.9 Å². The number of carbonyl (C=O) groups excluding carboxylic acids is 2. The lowest BCUT2D eigenvalue weighted by atomic mass is 10.1. The normalized spacial score (nSPS) is 10.2. The molecule has 2 aromatic rings. The van der Waals surface area contributed by atoms with Crippen LogP contribution in [0.3, 0.4) is 0 Å². The number of nitrogens with zero attached hydrogens (tertiary/aromatic N) is 2. The van der Waals surface area contributed by atoms with Crippen LogP contribution in [0.2, 0.25) is 0 Å². The first kappa shape index (κ1) is 11.9. The van der Waals surface area contributed by atoms with Crippen LogP contribution in [-0.2, 0) is 0 Å². The third-order valence-corrected chi connectivity index (χ3v) is 3.43. The summed E-state index contributed by atoms with van der Waals surface area (Å²) in [7, 11) is 0. The number of thioether (sulfide) groups is 1. The molecule has 0 saturated carbocycles. The molecule has 0 N–H and O–H groups in total. The van der Waals surface area contributed by atoms with Crippen molar-refractivity contribution in [2.45, 2.75) is 5.16 Å². The molecule has 86 valence electrons. The molecule has 0 aliphatic heterocycles. The zero-order chi connectivity index (χ0) is 12.3. The number of rotatable bonds is 4. The van der Waals surface area contributed by atoms with Gasteiger partial charge in [-0.05, 0) is 23.8 Å². The molecule has 0 bridgehead atoms. The van der Waals surface area contributed by atoms with Gasteiger partial charge in [0.2, 0.25) is 5.78 Å². The summed E-state index contributed by atoms with van der Waals surface area (Å²) in [5, 5.41) is 2.24. The van der Waals surface area contributed by atoms with Gasteiger partial charge in [0.1, 0.15) is 5.69 Å². The van der Waals surface area contributed by atoms with Crippen LogP contribution in [0, 0.1) is 0 Å². The van der Waals surface area contributed by atoms with E-state index >= 15 is 0 Å². The SMILES string of the molecule is CSc1nccc(C(=O)C(=O)c2cccs2)n1. The van der Waals surface area contributed by atoms with Crippen LogP contribution >= 0.6 is 23.1 Å². The molecule has 2 aromatic heterocycles. The predicted molar refractivity (Wildman–Crippen MR) is 66.8 cm³/mol. The van der Waals surface area contributed by atoms with Gasteiger partial charge in [0, 0.05) is 6.20 Å². The van der Waals surface area contributed by atoms with Crippen LogP contribution in [0.1, 0.15) is 20.2 Å². The summed E-state index contributed by atoms with van der Waals surface area (Å²) in [5.74, 6) is -1.11. The molecule has 2 heterocycles. The molecule has 6 heteroatoms. The predicted octanol–water partition coefficient (Wildman–Crippen LogP) is 2.33. The van der Waals surface area contributed by atoms with Crippen LogP contribution in [-0.4, -0.2) is 27.8 Å². The number of ketones is 2. The summed E-state index contributed by atoms with van der Waals surface area (Å²) in [6.45, 7) is 0. The minimum absolute atomic E-state index is 0.141. The topological polar surface area (TPSA) is 59.9 Å². The molecular formula is C11H8N2O2S2. The van der Waals surface area contributed by atoms with E-state index in [1.165, 1.54) is 35.4 Å². The Morgan fingerprint density at radius 2 is 2.12 bits per heavy atom. The van der Waals surface area contributed by atoms with Gasteiger partial charge in [-0.25, -0.2) is 9.97 Å². The quantitative estimate of drug-likeness (QED) is 0.367. The van der Waals surface area contributed by atoms with Gasteiger partial charge < -0.3 is 0 Å². The van der Waals surface area contributed by atoms with Gasteiger partial charge >= 0.3 is 0 Å². The molecule has 0 unspecified atom stereocenters. The summed E-state index contributed by atoms with van der Waals surface area (Å²) in [4.78, 5) is 32.1. The first-order valence-electron chi connectivity index (χ1n) is 4.72. The van der Waals surface area contributed by atoms with Crippen LogP contribution in [0.25, 0.3) is 0 Å². The fourth-order valence-electron chi connectivity index (χ4n) is 1.20. The van der Waals surface area contributed by atoms with Gasteiger partial charge in [0.05, 0.1) is 4.88 Å². The summed E-state index contributed by atoms with van der Waals surface area (Å²) < 4.78 is 0. The smallest absolute Gasteiger partial charge is 0.252 e. The third-order valence-electron chi connectivity index (χ3n) is 2.00. The molecule has 0 fully saturated rings. The molecule has 0 radical (unpaired) electrons. The zero-order valence-corrected chi connectivity index (χ0v) is 10.5. The van der Waals surface area contributed by atoms with Crippen molar-refractivity contribution in [1.82, 2.24) is 9.97 Å². The Labute approximate surface area is 106 Å². The maximum Gasteiger partial charge on any atom is 0.252 e. The summed E-state index contributed by atoms with van der Waals surface area (Å²) in [5.41, 5.74) is 0.141. The minimum atomic E-state index is -0.592. The van der Waals surface area contributed by atoms with Crippen molar-refractivity contribution in [2.24, 2.45) is 0 Å². The van der Waals surface area contributed by atoms with Crippen LogP contribution < -0.4 is 0 Å². The summed E-state index contributed by atoms with van der Waals surface area (Å²) >= 11 is 2.57. The standard InChI is InChI=1S/C11H8N2O2S2/c1-16-11-12-5-4-7(13-11)9(14)10(15)8-3-2-6-17-8/h2-6H,1H3. The second-order valence-electron chi connectivity index (χ2n) is 3.06. The molecule has 0 atom stereocenters. The zero-order valence-electron chi connectivity index (χ0n) is 8.91. The fraction of sp³-hybridized carbons (Fsp3) is 0.0909. The Kier molecular flexibility index (Phi) is 3.65. The molecule has 0 aliphatic carbocycles. The molecule has 0 aromatic carbocycles. The molecule has 0 amide bonds. The average molecular weight is 264 g/mol. The molecule has 2 rings (SSSR count). The summed E-state index contributed by atoms with van der Waals surface area (Å²) in [6.07, 6.45) is 3.29. The molecule has 4 nitrogen and oxygen atoms in total. The minimum Gasteiger partial charge on any atom is -0.284 e. The van der Waals surface area contributed by atoms with Gasteiger partial charge in [0.15, 0.2) is 5.16 Å². The second-order valence-corrected chi connectivity index (χ2v) is 4.79. The van der Waals surface area contributed by atoms with Crippen molar-refractivity contribution >= 4 is 34.7 Å². The van der Waals surface area contributed by atoms with Gasteiger partial charge in [0.25, 0.3) is 5.78 Å². The molecule has 0 saturated heterocycles. The number of thiophene rings is 1. The highest BCUT2D eigenvalue weighted by atomic mass is 32.2. The monoisotopic (exact) mass is 264 g/mol. The second kappa shape index (κ2) is 5.20. The van der Waals surface area contributed by atoms with E-state index in [4.69, 9.17) is 0 Å². The number of aromatic nitrogens is 2. The fourth-order valence-corrected chi connectivity index (χ4v) is 2.22. The largest absolute Gasteiger partial charge is 0.284 e. The van der Waals surface area contributed by atoms with Gasteiger partial charge in [-0.15, -0.1) is 11.3 Å². The molecule has 0 aliphatic rings. The van der Waals surface area contributed by atoms with Gasteiger partial charge in [-0.1, -0.05) is 17.8 Å². The Balaban J connectivity index is 2.28. The lowest BCUT2D eigenvalue weighted by molar-refractivity contribution is 0.0816. The van der Waals surface area contributed by atoms with E-state index in [9.17, 15) is 9.59 Å². The van der Waals surface area contributed by atoms with Crippen molar-refractivity contribution in [3.8, 4) is 0 Å². The molecular weight excluding hydrogens is 256 g/mol. The Hall–Kier alpha value is -1.53. The van der Waals surface area contributed by atoms with Crippen LogP contribution in [0.4, 0.5) is 0 Å². The van der Waals surface area contributed by atoms with E-state index < -0.39 is 11.6 Å². The van der Waals surface area contributed by atoms with E-state index in [0.717, 1.165) is 0 Å². The average Bonchev–Trinajstić information content (AvgIpc) is 2.91. The maximum absolute atomic E-state index is 11.9.